The second kappa shape index (κ2) is 5.13. The molecule has 0 saturated carbocycles. The molecule has 1 aliphatic rings. The number of aryl methyl sites for hydroxylation is 1. The summed E-state index contributed by atoms with van der Waals surface area (Å²) in [6.07, 6.45) is 0. The zero-order valence-corrected chi connectivity index (χ0v) is 13.8. The average Bonchev–Trinajstić information content (AvgIpc) is 2.74. The van der Waals surface area contributed by atoms with Crippen molar-refractivity contribution in [3.8, 4) is 0 Å². The molecule has 0 atom stereocenters. The Kier molecular flexibility index (Phi) is 3.96. The molecule has 0 radical (unpaired) electrons. The van der Waals surface area contributed by atoms with Gasteiger partial charge in [-0.3, -0.25) is 4.79 Å². The number of piperazine rings is 1. The normalized spacial score (nSPS) is 18.6. The van der Waals surface area contributed by atoms with Crippen molar-refractivity contribution in [2.45, 2.75) is 37.4 Å². The second-order valence-electron chi connectivity index (χ2n) is 5.92. The molecule has 0 unspecified atom stereocenters. The van der Waals surface area contributed by atoms with Crippen LogP contribution >= 0.6 is 11.3 Å². The van der Waals surface area contributed by atoms with Crippen LogP contribution in [-0.4, -0.2) is 48.7 Å². The standard InChI is InChI=1S/C13H20N2O3S2/c1-10-5-6-12(19-10)20(17,18)14-7-8-15(11(16)9-14)13(2,3)4/h5-6H,7-9H2,1-4H3. The Morgan fingerprint density at radius 3 is 2.30 bits per heavy atom. The van der Waals surface area contributed by atoms with Crippen LogP contribution in [0.3, 0.4) is 0 Å². The van der Waals surface area contributed by atoms with E-state index in [4.69, 9.17) is 0 Å². The van der Waals surface area contributed by atoms with E-state index in [0.717, 1.165) is 4.88 Å². The molecule has 1 aromatic heterocycles. The topological polar surface area (TPSA) is 57.7 Å². The maximum atomic E-state index is 12.5. The van der Waals surface area contributed by atoms with Crippen LogP contribution in [0.5, 0.6) is 0 Å². The van der Waals surface area contributed by atoms with Crippen LogP contribution in [0.1, 0.15) is 25.6 Å². The van der Waals surface area contributed by atoms with Crippen LogP contribution in [0.15, 0.2) is 16.3 Å². The highest BCUT2D eigenvalue weighted by Crippen LogP contribution is 2.26. The number of thiophene rings is 1. The third-order valence-electron chi connectivity index (χ3n) is 3.31. The first kappa shape index (κ1) is 15.5. The Labute approximate surface area is 124 Å². The van der Waals surface area contributed by atoms with Gasteiger partial charge in [0, 0.05) is 23.5 Å². The molecule has 0 aliphatic carbocycles. The number of hydrogen-bond acceptors (Lipinski definition) is 4. The number of carbonyl (C=O) groups is 1. The van der Waals surface area contributed by atoms with Crippen molar-refractivity contribution in [1.29, 1.82) is 0 Å². The van der Waals surface area contributed by atoms with E-state index in [9.17, 15) is 13.2 Å². The van der Waals surface area contributed by atoms with Gasteiger partial charge in [0.2, 0.25) is 5.91 Å². The zero-order chi connectivity index (χ0) is 15.1. The summed E-state index contributed by atoms with van der Waals surface area (Å²) in [5.41, 5.74) is -0.271. The van der Waals surface area contributed by atoms with Gasteiger partial charge in [-0.2, -0.15) is 4.31 Å². The van der Waals surface area contributed by atoms with Crippen LogP contribution < -0.4 is 0 Å². The monoisotopic (exact) mass is 316 g/mol. The van der Waals surface area contributed by atoms with E-state index in [-0.39, 0.29) is 18.0 Å². The van der Waals surface area contributed by atoms with E-state index in [0.29, 0.717) is 17.3 Å². The van der Waals surface area contributed by atoms with Gasteiger partial charge in [-0.25, -0.2) is 8.42 Å². The minimum Gasteiger partial charge on any atom is -0.335 e. The SMILES string of the molecule is Cc1ccc(S(=O)(=O)N2CCN(C(C)(C)C)C(=O)C2)s1. The highest BCUT2D eigenvalue weighted by atomic mass is 32.2. The first-order valence-electron chi connectivity index (χ1n) is 6.49. The number of amides is 1. The van der Waals surface area contributed by atoms with Crippen LogP contribution in [0.2, 0.25) is 0 Å². The van der Waals surface area contributed by atoms with Crippen molar-refractivity contribution in [3.05, 3.63) is 17.0 Å². The fourth-order valence-electron chi connectivity index (χ4n) is 2.24. The van der Waals surface area contributed by atoms with E-state index in [2.05, 4.69) is 0 Å². The minimum absolute atomic E-state index is 0.0729. The number of hydrogen-bond donors (Lipinski definition) is 0. The van der Waals surface area contributed by atoms with Crippen molar-refractivity contribution < 1.29 is 13.2 Å². The summed E-state index contributed by atoms with van der Waals surface area (Å²) in [6, 6.07) is 3.39. The summed E-state index contributed by atoms with van der Waals surface area (Å²) in [7, 11) is -3.54. The molecule has 1 amide bonds. The van der Waals surface area contributed by atoms with Crippen LogP contribution in [-0.2, 0) is 14.8 Å². The summed E-state index contributed by atoms with van der Waals surface area (Å²) < 4.78 is 26.5. The van der Waals surface area contributed by atoms with E-state index < -0.39 is 10.0 Å². The molecule has 2 heterocycles. The maximum Gasteiger partial charge on any atom is 0.253 e. The largest absolute Gasteiger partial charge is 0.335 e. The lowest BCUT2D eigenvalue weighted by Crippen LogP contribution is -2.57. The smallest absolute Gasteiger partial charge is 0.253 e. The molecule has 0 aromatic carbocycles. The minimum atomic E-state index is -3.54. The van der Waals surface area contributed by atoms with Gasteiger partial charge < -0.3 is 4.90 Å². The van der Waals surface area contributed by atoms with Crippen LogP contribution in [0, 0.1) is 6.92 Å². The summed E-state index contributed by atoms with van der Waals surface area (Å²) in [5.74, 6) is -0.138. The van der Waals surface area contributed by atoms with Gasteiger partial charge in [0.05, 0.1) is 6.54 Å². The van der Waals surface area contributed by atoms with Gasteiger partial charge in [0.25, 0.3) is 10.0 Å². The van der Waals surface area contributed by atoms with Crippen molar-refractivity contribution in [2.75, 3.05) is 19.6 Å². The lowest BCUT2D eigenvalue weighted by molar-refractivity contribution is -0.139. The number of carbonyl (C=O) groups excluding carboxylic acids is 1. The van der Waals surface area contributed by atoms with Gasteiger partial charge in [-0.15, -0.1) is 11.3 Å². The fraction of sp³-hybridized carbons (Fsp3) is 0.615. The van der Waals surface area contributed by atoms with Crippen molar-refractivity contribution in [2.24, 2.45) is 0 Å². The maximum absolute atomic E-state index is 12.5. The predicted molar refractivity (Wildman–Crippen MR) is 79.3 cm³/mol. The van der Waals surface area contributed by atoms with Gasteiger partial charge in [-0.1, -0.05) is 0 Å². The Morgan fingerprint density at radius 1 is 1.20 bits per heavy atom. The second-order valence-corrected chi connectivity index (χ2v) is 9.37. The molecule has 0 N–H and O–H groups in total. The van der Waals surface area contributed by atoms with E-state index in [1.54, 1.807) is 17.0 Å². The zero-order valence-electron chi connectivity index (χ0n) is 12.2. The number of sulfonamides is 1. The van der Waals surface area contributed by atoms with Crippen molar-refractivity contribution in [1.82, 2.24) is 9.21 Å². The first-order valence-corrected chi connectivity index (χ1v) is 8.75. The average molecular weight is 316 g/mol. The van der Waals surface area contributed by atoms with Gasteiger partial charge in [0.15, 0.2) is 0 Å². The molecule has 20 heavy (non-hydrogen) atoms. The van der Waals surface area contributed by atoms with E-state index >= 15 is 0 Å². The molecular formula is C13H20N2O3S2. The first-order chi connectivity index (χ1) is 9.12. The molecule has 1 saturated heterocycles. The van der Waals surface area contributed by atoms with Crippen molar-refractivity contribution in [3.63, 3.8) is 0 Å². The molecule has 0 bridgehead atoms. The number of nitrogens with zero attached hydrogens (tertiary/aromatic N) is 2. The van der Waals surface area contributed by atoms with E-state index in [1.807, 2.05) is 27.7 Å². The fourth-order valence-corrected chi connectivity index (χ4v) is 5.06. The molecule has 7 heteroatoms. The number of rotatable bonds is 2. The Bertz CT molecular complexity index is 614. The van der Waals surface area contributed by atoms with Crippen LogP contribution in [0.4, 0.5) is 0 Å². The summed E-state index contributed by atoms with van der Waals surface area (Å²) in [5, 5.41) is 0. The summed E-state index contributed by atoms with van der Waals surface area (Å²) >= 11 is 1.24. The predicted octanol–water partition coefficient (Wildman–Crippen LogP) is 1.69. The molecule has 112 valence electrons. The Hall–Kier alpha value is -0.920. The highest BCUT2D eigenvalue weighted by molar-refractivity contribution is 7.91. The third kappa shape index (κ3) is 2.89. The van der Waals surface area contributed by atoms with Gasteiger partial charge in [-0.05, 0) is 39.8 Å². The lowest BCUT2D eigenvalue weighted by atomic mass is 10.1. The van der Waals surface area contributed by atoms with Crippen LogP contribution in [0.25, 0.3) is 0 Å². The Morgan fingerprint density at radius 2 is 1.85 bits per heavy atom. The molecule has 2 rings (SSSR count). The molecular weight excluding hydrogens is 296 g/mol. The molecule has 1 fully saturated rings. The lowest BCUT2D eigenvalue weighted by Gasteiger charge is -2.41. The summed E-state index contributed by atoms with van der Waals surface area (Å²) in [6.45, 7) is 8.45. The van der Waals surface area contributed by atoms with E-state index in [1.165, 1.54) is 15.6 Å². The quantitative estimate of drug-likeness (QED) is 0.834. The third-order valence-corrected chi connectivity index (χ3v) is 6.62. The molecule has 0 spiro atoms. The molecule has 5 nitrogen and oxygen atoms in total. The highest BCUT2D eigenvalue weighted by Gasteiger charge is 2.37. The van der Waals surface area contributed by atoms with Gasteiger partial charge in [0.1, 0.15) is 4.21 Å². The van der Waals surface area contributed by atoms with Crippen molar-refractivity contribution >= 4 is 27.3 Å². The summed E-state index contributed by atoms with van der Waals surface area (Å²) in [4.78, 5) is 14.8. The van der Waals surface area contributed by atoms with Gasteiger partial charge >= 0.3 is 0 Å². The Balaban J connectivity index is 2.19. The molecule has 1 aromatic rings. The molecule has 1 aliphatic heterocycles.